The molecule has 0 unspecified atom stereocenters. The molecule has 16 heavy (non-hydrogen) atoms. The van der Waals surface area contributed by atoms with Crippen molar-refractivity contribution in [3.63, 3.8) is 0 Å². The predicted octanol–water partition coefficient (Wildman–Crippen LogP) is 1.58. The fourth-order valence-electron chi connectivity index (χ4n) is 1.09. The molecule has 0 heterocycles. The Bertz CT molecular complexity index is 389. The van der Waals surface area contributed by atoms with Gasteiger partial charge in [-0.15, -0.1) is 0 Å². The molecule has 0 saturated heterocycles. The van der Waals surface area contributed by atoms with Crippen molar-refractivity contribution < 1.29 is 4.39 Å². The zero-order valence-corrected chi connectivity index (χ0v) is 9.20. The average Bonchev–Trinajstić information content (AvgIpc) is 2.25. The topological polar surface area (TPSA) is 64.1 Å². The molecule has 0 spiro atoms. The Balaban J connectivity index is 2.48. The summed E-state index contributed by atoms with van der Waals surface area (Å²) in [4.78, 5) is 0. The van der Waals surface area contributed by atoms with Crippen molar-refractivity contribution in [3.8, 4) is 0 Å². The standard InChI is InChI=1S/C12H16FN3/c1-9(14)2-7-12(15)16-8-10-3-5-11(13)6-4-10/h2-7,16H,8,14-15H2,1H3/b9-2-,12-7+. The average molecular weight is 221 g/mol. The monoisotopic (exact) mass is 221 g/mol. The summed E-state index contributed by atoms with van der Waals surface area (Å²) in [7, 11) is 0. The Hall–Kier alpha value is -1.97. The van der Waals surface area contributed by atoms with Gasteiger partial charge in [-0.25, -0.2) is 4.39 Å². The molecule has 0 aliphatic carbocycles. The Morgan fingerprint density at radius 3 is 2.44 bits per heavy atom. The lowest BCUT2D eigenvalue weighted by atomic mass is 10.2. The van der Waals surface area contributed by atoms with Crippen molar-refractivity contribution in [2.75, 3.05) is 0 Å². The Kier molecular flexibility index (Phi) is 4.39. The van der Waals surface area contributed by atoms with Gasteiger partial charge in [-0.1, -0.05) is 12.1 Å². The number of rotatable bonds is 4. The molecule has 4 heteroatoms. The molecule has 1 aromatic carbocycles. The maximum absolute atomic E-state index is 12.6. The summed E-state index contributed by atoms with van der Waals surface area (Å²) in [6.07, 6.45) is 3.41. The molecule has 3 nitrogen and oxygen atoms in total. The largest absolute Gasteiger partial charge is 0.402 e. The van der Waals surface area contributed by atoms with Gasteiger partial charge in [-0.2, -0.15) is 0 Å². The molecule has 0 atom stereocenters. The van der Waals surface area contributed by atoms with Crippen LogP contribution in [-0.2, 0) is 6.54 Å². The van der Waals surface area contributed by atoms with Gasteiger partial charge < -0.3 is 16.8 Å². The quantitative estimate of drug-likeness (QED) is 0.676. The molecule has 0 bridgehead atoms. The third-order valence-corrected chi connectivity index (χ3v) is 1.94. The van der Waals surface area contributed by atoms with Crippen molar-refractivity contribution in [2.24, 2.45) is 11.5 Å². The SMILES string of the molecule is C/C(N)=C/C=C(\N)NCc1ccc(F)cc1. The summed E-state index contributed by atoms with van der Waals surface area (Å²) in [6.45, 7) is 2.34. The van der Waals surface area contributed by atoms with Crippen molar-refractivity contribution in [1.29, 1.82) is 0 Å². The van der Waals surface area contributed by atoms with Crippen LogP contribution in [-0.4, -0.2) is 0 Å². The lowest BCUT2D eigenvalue weighted by Gasteiger charge is -2.05. The summed E-state index contributed by atoms with van der Waals surface area (Å²) in [5, 5.41) is 2.99. The van der Waals surface area contributed by atoms with Crippen molar-refractivity contribution in [3.05, 3.63) is 59.3 Å². The molecule has 0 aliphatic rings. The van der Waals surface area contributed by atoms with Gasteiger partial charge in [0.25, 0.3) is 0 Å². The summed E-state index contributed by atoms with van der Waals surface area (Å²) in [5.74, 6) is 0.281. The van der Waals surface area contributed by atoms with Gasteiger partial charge in [0.15, 0.2) is 0 Å². The molecule has 1 rings (SSSR count). The van der Waals surface area contributed by atoms with Crippen LogP contribution in [0.2, 0.25) is 0 Å². The van der Waals surface area contributed by atoms with Gasteiger partial charge >= 0.3 is 0 Å². The van der Waals surface area contributed by atoms with E-state index in [2.05, 4.69) is 5.32 Å². The van der Waals surface area contributed by atoms with Gasteiger partial charge in [0, 0.05) is 12.2 Å². The molecular formula is C12H16FN3. The summed E-state index contributed by atoms with van der Waals surface area (Å²) in [6, 6.07) is 6.25. The first kappa shape index (κ1) is 12.1. The number of nitrogens with two attached hydrogens (primary N) is 2. The molecule has 0 fully saturated rings. The van der Waals surface area contributed by atoms with E-state index in [0.717, 1.165) is 5.56 Å². The summed E-state index contributed by atoms with van der Waals surface area (Å²) in [5.41, 5.74) is 12.8. The van der Waals surface area contributed by atoms with Crippen LogP contribution in [0.5, 0.6) is 0 Å². The minimum Gasteiger partial charge on any atom is -0.402 e. The van der Waals surface area contributed by atoms with Crippen LogP contribution < -0.4 is 16.8 Å². The van der Waals surface area contributed by atoms with Gasteiger partial charge in [0.1, 0.15) is 5.82 Å². The summed E-state index contributed by atoms with van der Waals surface area (Å²) >= 11 is 0. The van der Waals surface area contributed by atoms with E-state index in [1.165, 1.54) is 12.1 Å². The number of benzene rings is 1. The number of hydrogen-bond acceptors (Lipinski definition) is 3. The molecule has 0 aromatic heterocycles. The molecular weight excluding hydrogens is 205 g/mol. The Morgan fingerprint density at radius 2 is 1.88 bits per heavy atom. The summed E-state index contributed by atoms with van der Waals surface area (Å²) < 4.78 is 12.6. The first-order valence-corrected chi connectivity index (χ1v) is 4.96. The molecule has 5 N–H and O–H groups in total. The third-order valence-electron chi connectivity index (χ3n) is 1.94. The maximum Gasteiger partial charge on any atom is 0.123 e. The van der Waals surface area contributed by atoms with Gasteiger partial charge in [-0.05, 0) is 36.8 Å². The minimum absolute atomic E-state index is 0.242. The fraction of sp³-hybridized carbons (Fsp3) is 0.167. The van der Waals surface area contributed by atoms with Gasteiger partial charge in [0.2, 0.25) is 0 Å². The van der Waals surface area contributed by atoms with Crippen LogP contribution in [0.1, 0.15) is 12.5 Å². The first-order chi connectivity index (χ1) is 7.58. The van der Waals surface area contributed by atoms with E-state index in [-0.39, 0.29) is 5.82 Å². The second-order valence-corrected chi connectivity index (χ2v) is 3.51. The highest BCUT2D eigenvalue weighted by molar-refractivity contribution is 5.17. The Labute approximate surface area is 94.6 Å². The number of hydrogen-bond donors (Lipinski definition) is 3. The molecule has 86 valence electrons. The fourth-order valence-corrected chi connectivity index (χ4v) is 1.09. The van der Waals surface area contributed by atoms with Gasteiger partial charge in [-0.3, -0.25) is 0 Å². The van der Waals surface area contributed by atoms with E-state index in [9.17, 15) is 4.39 Å². The van der Waals surface area contributed by atoms with Crippen molar-refractivity contribution in [2.45, 2.75) is 13.5 Å². The van der Waals surface area contributed by atoms with E-state index in [1.54, 1.807) is 31.2 Å². The number of allylic oxidation sites excluding steroid dienone is 3. The second-order valence-electron chi connectivity index (χ2n) is 3.51. The lowest BCUT2D eigenvalue weighted by Crippen LogP contribution is -2.19. The van der Waals surface area contributed by atoms with Crippen LogP contribution in [0.25, 0.3) is 0 Å². The van der Waals surface area contributed by atoms with Crippen LogP contribution in [0.15, 0.2) is 47.9 Å². The van der Waals surface area contributed by atoms with E-state index < -0.39 is 0 Å². The first-order valence-electron chi connectivity index (χ1n) is 4.96. The van der Waals surface area contributed by atoms with Crippen molar-refractivity contribution in [1.82, 2.24) is 5.32 Å². The number of halogens is 1. The molecule has 0 aliphatic heterocycles. The van der Waals surface area contributed by atoms with E-state index >= 15 is 0 Å². The molecule has 0 radical (unpaired) electrons. The van der Waals surface area contributed by atoms with Crippen LogP contribution in [0, 0.1) is 5.82 Å². The van der Waals surface area contributed by atoms with E-state index in [1.807, 2.05) is 0 Å². The highest BCUT2D eigenvalue weighted by Gasteiger charge is 1.93. The van der Waals surface area contributed by atoms with E-state index in [4.69, 9.17) is 11.5 Å². The van der Waals surface area contributed by atoms with Gasteiger partial charge in [0.05, 0.1) is 5.82 Å². The predicted molar refractivity (Wildman–Crippen MR) is 63.5 cm³/mol. The lowest BCUT2D eigenvalue weighted by molar-refractivity contribution is 0.626. The Morgan fingerprint density at radius 1 is 1.25 bits per heavy atom. The van der Waals surface area contributed by atoms with Crippen LogP contribution >= 0.6 is 0 Å². The van der Waals surface area contributed by atoms with Crippen LogP contribution in [0.4, 0.5) is 4.39 Å². The van der Waals surface area contributed by atoms with E-state index in [0.29, 0.717) is 18.1 Å². The maximum atomic E-state index is 12.6. The third kappa shape index (κ3) is 4.50. The molecule has 0 saturated carbocycles. The zero-order valence-electron chi connectivity index (χ0n) is 9.20. The van der Waals surface area contributed by atoms with Crippen molar-refractivity contribution >= 4 is 0 Å². The normalized spacial score (nSPS) is 12.6. The molecule has 0 amide bonds. The second kappa shape index (κ2) is 5.80. The van der Waals surface area contributed by atoms with Crippen LogP contribution in [0.3, 0.4) is 0 Å². The molecule has 1 aromatic rings. The minimum atomic E-state index is -0.242. The highest BCUT2D eigenvalue weighted by atomic mass is 19.1. The zero-order chi connectivity index (χ0) is 12.0. The highest BCUT2D eigenvalue weighted by Crippen LogP contribution is 2.02. The number of nitrogens with one attached hydrogen (secondary N) is 1. The smallest absolute Gasteiger partial charge is 0.123 e.